The maximum atomic E-state index is 11.8. The van der Waals surface area contributed by atoms with Crippen molar-refractivity contribution in [2.75, 3.05) is 6.61 Å². The summed E-state index contributed by atoms with van der Waals surface area (Å²) in [5, 5.41) is 5.84. The lowest BCUT2D eigenvalue weighted by atomic mass is 10.1. The van der Waals surface area contributed by atoms with Crippen LogP contribution in [0.2, 0.25) is 0 Å². The second-order valence-electron chi connectivity index (χ2n) is 4.70. The van der Waals surface area contributed by atoms with Crippen LogP contribution in [0.3, 0.4) is 0 Å². The van der Waals surface area contributed by atoms with Crippen molar-refractivity contribution in [2.24, 2.45) is 5.10 Å². The molecule has 0 radical (unpaired) electrons. The number of furan rings is 1. The second-order valence-corrected chi connectivity index (χ2v) is 5.48. The first-order valence-electron chi connectivity index (χ1n) is 6.90. The van der Waals surface area contributed by atoms with Crippen LogP contribution in [0.15, 0.2) is 68.8 Å². The van der Waals surface area contributed by atoms with Gasteiger partial charge in [-0.25, -0.2) is 5.43 Å². The number of amides is 1. The molecule has 0 aliphatic carbocycles. The number of hydrazone groups is 1. The third-order valence-corrected chi connectivity index (χ3v) is 3.51. The van der Waals surface area contributed by atoms with Crippen molar-refractivity contribution in [3.8, 4) is 5.75 Å². The highest BCUT2D eigenvalue weighted by atomic mass is 79.9. The zero-order valence-corrected chi connectivity index (χ0v) is 13.6. The number of ether oxygens (including phenoxy) is 1. The van der Waals surface area contributed by atoms with E-state index in [0.29, 0.717) is 16.2 Å². The second kappa shape index (κ2) is 7.11. The number of nitrogens with one attached hydrogen (secondary N) is 1. The minimum Gasteiger partial charge on any atom is -0.483 e. The van der Waals surface area contributed by atoms with Crippen molar-refractivity contribution in [1.82, 2.24) is 5.43 Å². The fourth-order valence-electron chi connectivity index (χ4n) is 2.06. The summed E-state index contributed by atoms with van der Waals surface area (Å²) < 4.78 is 11.4. The quantitative estimate of drug-likeness (QED) is 0.548. The van der Waals surface area contributed by atoms with Crippen LogP contribution in [0, 0.1) is 0 Å². The van der Waals surface area contributed by atoms with Gasteiger partial charge in [-0.2, -0.15) is 5.10 Å². The Morgan fingerprint density at radius 3 is 2.83 bits per heavy atom. The summed E-state index contributed by atoms with van der Waals surface area (Å²) in [4.78, 5) is 11.8. The van der Waals surface area contributed by atoms with Crippen LogP contribution >= 0.6 is 15.9 Å². The summed E-state index contributed by atoms with van der Waals surface area (Å²) in [6.45, 7) is -0.118. The number of benzene rings is 2. The van der Waals surface area contributed by atoms with E-state index in [1.165, 1.54) is 6.21 Å². The highest BCUT2D eigenvalue weighted by Crippen LogP contribution is 2.24. The SMILES string of the molecule is O=C(COc1cccc2ccccc12)N/N=C/c1ccc(Br)o1. The average molecular weight is 373 g/mol. The average Bonchev–Trinajstić information content (AvgIpc) is 2.98. The lowest BCUT2D eigenvalue weighted by molar-refractivity contribution is -0.123. The normalized spacial score (nSPS) is 11.0. The van der Waals surface area contributed by atoms with Gasteiger partial charge in [0.1, 0.15) is 11.5 Å². The number of carbonyl (C=O) groups is 1. The first-order chi connectivity index (χ1) is 11.2. The minimum atomic E-state index is -0.347. The molecule has 6 heteroatoms. The Bertz CT molecular complexity index is 852. The molecule has 0 atom stereocenters. The third-order valence-electron chi connectivity index (χ3n) is 3.08. The van der Waals surface area contributed by atoms with E-state index < -0.39 is 0 Å². The number of rotatable bonds is 5. The van der Waals surface area contributed by atoms with Gasteiger partial charge in [-0.15, -0.1) is 0 Å². The van der Waals surface area contributed by atoms with Crippen LogP contribution in [0.5, 0.6) is 5.75 Å². The standard InChI is InChI=1S/C17H13BrN2O3/c18-16-9-8-13(23-16)10-19-20-17(21)11-22-15-7-3-5-12-4-1-2-6-14(12)15/h1-10H,11H2,(H,20,21)/b19-10+. The molecule has 0 unspecified atom stereocenters. The van der Waals surface area contributed by atoms with Gasteiger partial charge in [0.2, 0.25) is 0 Å². The van der Waals surface area contributed by atoms with Crippen molar-refractivity contribution < 1.29 is 13.9 Å². The molecule has 0 saturated heterocycles. The summed E-state index contributed by atoms with van der Waals surface area (Å²) in [5.74, 6) is 0.851. The Morgan fingerprint density at radius 2 is 2.00 bits per heavy atom. The molecule has 1 heterocycles. The van der Waals surface area contributed by atoms with E-state index in [1.807, 2.05) is 42.5 Å². The third kappa shape index (κ3) is 3.98. The molecule has 0 fully saturated rings. The molecule has 1 amide bonds. The van der Waals surface area contributed by atoms with Gasteiger partial charge in [0, 0.05) is 5.39 Å². The molecule has 1 N–H and O–H groups in total. The number of halogens is 1. The summed E-state index contributed by atoms with van der Waals surface area (Å²) in [5.41, 5.74) is 2.39. The van der Waals surface area contributed by atoms with Crippen molar-refractivity contribution >= 4 is 38.8 Å². The van der Waals surface area contributed by atoms with Gasteiger partial charge < -0.3 is 9.15 Å². The van der Waals surface area contributed by atoms with Gasteiger partial charge in [-0.3, -0.25) is 4.79 Å². The van der Waals surface area contributed by atoms with Crippen LogP contribution in [0.4, 0.5) is 0 Å². The number of carbonyl (C=O) groups excluding carboxylic acids is 1. The first-order valence-corrected chi connectivity index (χ1v) is 7.69. The van der Waals surface area contributed by atoms with E-state index >= 15 is 0 Å². The molecule has 0 aliphatic heterocycles. The van der Waals surface area contributed by atoms with Crippen molar-refractivity contribution in [1.29, 1.82) is 0 Å². The zero-order valence-electron chi connectivity index (χ0n) is 12.0. The molecule has 0 spiro atoms. The van der Waals surface area contributed by atoms with Crippen LogP contribution in [0.25, 0.3) is 10.8 Å². The van der Waals surface area contributed by atoms with Crippen molar-refractivity contribution in [2.45, 2.75) is 0 Å². The molecule has 3 aromatic rings. The molecule has 5 nitrogen and oxygen atoms in total. The van der Waals surface area contributed by atoms with Gasteiger partial charge in [0.25, 0.3) is 5.91 Å². The summed E-state index contributed by atoms with van der Waals surface area (Å²) in [6.07, 6.45) is 1.42. The zero-order chi connectivity index (χ0) is 16.1. The van der Waals surface area contributed by atoms with Gasteiger partial charge >= 0.3 is 0 Å². The number of hydrogen-bond donors (Lipinski definition) is 1. The molecular weight excluding hydrogens is 360 g/mol. The van der Waals surface area contributed by atoms with E-state index in [4.69, 9.17) is 9.15 Å². The smallest absolute Gasteiger partial charge is 0.277 e. The Kier molecular flexibility index (Phi) is 4.73. The highest BCUT2D eigenvalue weighted by molar-refractivity contribution is 9.10. The summed E-state index contributed by atoms with van der Waals surface area (Å²) >= 11 is 3.19. The van der Waals surface area contributed by atoms with Crippen LogP contribution < -0.4 is 10.2 Å². The number of hydrogen-bond acceptors (Lipinski definition) is 4. The lowest BCUT2D eigenvalue weighted by Gasteiger charge is -2.08. The maximum Gasteiger partial charge on any atom is 0.277 e. The molecule has 0 saturated carbocycles. The van der Waals surface area contributed by atoms with E-state index in [0.717, 1.165) is 10.8 Å². The molecule has 0 bridgehead atoms. The molecule has 116 valence electrons. The molecule has 0 aliphatic rings. The predicted molar refractivity (Wildman–Crippen MR) is 91.6 cm³/mol. The van der Waals surface area contributed by atoms with E-state index in [1.54, 1.807) is 12.1 Å². The fraction of sp³-hybridized carbons (Fsp3) is 0.0588. The molecule has 1 aromatic heterocycles. The van der Waals surface area contributed by atoms with Crippen LogP contribution in [0.1, 0.15) is 5.76 Å². The van der Waals surface area contributed by atoms with Gasteiger partial charge in [-0.05, 0) is 39.5 Å². The topological polar surface area (TPSA) is 63.8 Å². The van der Waals surface area contributed by atoms with E-state index in [9.17, 15) is 4.79 Å². The van der Waals surface area contributed by atoms with Gasteiger partial charge in [-0.1, -0.05) is 36.4 Å². The van der Waals surface area contributed by atoms with Gasteiger partial charge in [0.15, 0.2) is 11.3 Å². The lowest BCUT2D eigenvalue weighted by Crippen LogP contribution is -2.24. The fourth-order valence-corrected chi connectivity index (χ4v) is 2.38. The molecule has 2 aromatic carbocycles. The van der Waals surface area contributed by atoms with E-state index in [2.05, 4.69) is 26.5 Å². The largest absolute Gasteiger partial charge is 0.483 e. The predicted octanol–water partition coefficient (Wildman–Crippen LogP) is 3.72. The molecule has 3 rings (SSSR count). The number of nitrogens with zero attached hydrogens (tertiary/aromatic N) is 1. The Balaban J connectivity index is 1.57. The monoisotopic (exact) mass is 372 g/mol. The Labute approximate surface area is 141 Å². The van der Waals surface area contributed by atoms with Crippen molar-refractivity contribution in [3.05, 3.63) is 65.0 Å². The maximum absolute atomic E-state index is 11.8. The molecule has 23 heavy (non-hydrogen) atoms. The summed E-state index contributed by atoms with van der Waals surface area (Å²) in [6, 6.07) is 17.0. The number of fused-ring (bicyclic) bond motifs is 1. The summed E-state index contributed by atoms with van der Waals surface area (Å²) in [7, 11) is 0. The van der Waals surface area contributed by atoms with Crippen molar-refractivity contribution in [3.63, 3.8) is 0 Å². The first kappa shape index (κ1) is 15.3. The Hall–Kier alpha value is -2.60. The van der Waals surface area contributed by atoms with Gasteiger partial charge in [0.05, 0.1) is 6.21 Å². The minimum absolute atomic E-state index is 0.118. The van der Waals surface area contributed by atoms with Crippen LogP contribution in [-0.4, -0.2) is 18.7 Å². The molecular formula is C17H13BrN2O3. The Morgan fingerprint density at radius 1 is 1.17 bits per heavy atom. The van der Waals surface area contributed by atoms with Crippen LogP contribution in [-0.2, 0) is 4.79 Å². The van der Waals surface area contributed by atoms with E-state index in [-0.39, 0.29) is 12.5 Å². The highest BCUT2D eigenvalue weighted by Gasteiger charge is 2.05.